The average molecular weight is 305 g/mol. The van der Waals surface area contributed by atoms with Crippen LogP contribution in [0.15, 0.2) is 30.5 Å². The lowest BCUT2D eigenvalue weighted by Gasteiger charge is -2.19. The van der Waals surface area contributed by atoms with E-state index in [2.05, 4.69) is 10.3 Å². The highest BCUT2D eigenvalue weighted by atomic mass is 32.2. The standard InChI is InChI=1S/C15H18N2O3S/c1-21-7-6-13(15(19)20)17-14(18)8-10-9-16-12-5-3-2-4-11(10)12/h2-5,9,13,16H,6-8H2,1H3,(H,17,18)(H,19,20)/p-1/t13-/m0/s1. The molecule has 6 heteroatoms. The number of aliphatic carboxylic acids is 1. The van der Waals surface area contributed by atoms with Crippen molar-refractivity contribution < 1.29 is 14.7 Å². The van der Waals surface area contributed by atoms with Crippen LogP contribution in [0, 0.1) is 0 Å². The van der Waals surface area contributed by atoms with E-state index in [-0.39, 0.29) is 12.3 Å². The molecule has 0 saturated carbocycles. The fourth-order valence-corrected chi connectivity index (χ4v) is 2.65. The van der Waals surface area contributed by atoms with Crippen LogP contribution in [0.5, 0.6) is 0 Å². The summed E-state index contributed by atoms with van der Waals surface area (Å²) in [5.41, 5.74) is 1.81. The Morgan fingerprint density at radius 2 is 2.14 bits per heavy atom. The molecule has 0 saturated heterocycles. The van der Waals surface area contributed by atoms with Gasteiger partial charge in [0.15, 0.2) is 0 Å². The van der Waals surface area contributed by atoms with Gasteiger partial charge in [-0.1, -0.05) is 18.2 Å². The molecule has 5 nitrogen and oxygen atoms in total. The lowest BCUT2D eigenvalue weighted by molar-refractivity contribution is -0.308. The molecule has 1 aromatic heterocycles. The minimum Gasteiger partial charge on any atom is -0.548 e. The van der Waals surface area contributed by atoms with Crippen molar-refractivity contribution in [1.82, 2.24) is 10.3 Å². The number of para-hydroxylation sites is 1. The molecule has 2 aromatic rings. The monoisotopic (exact) mass is 305 g/mol. The van der Waals surface area contributed by atoms with Crippen LogP contribution in [-0.4, -0.2) is 34.9 Å². The third-order valence-corrected chi connectivity index (χ3v) is 3.90. The van der Waals surface area contributed by atoms with E-state index in [1.54, 1.807) is 6.20 Å². The molecule has 0 fully saturated rings. The number of hydrogen-bond acceptors (Lipinski definition) is 4. The molecule has 0 bridgehead atoms. The number of H-pyrrole nitrogens is 1. The van der Waals surface area contributed by atoms with Gasteiger partial charge in [-0.15, -0.1) is 0 Å². The van der Waals surface area contributed by atoms with E-state index in [0.29, 0.717) is 12.2 Å². The molecule has 1 heterocycles. The molecule has 0 unspecified atom stereocenters. The van der Waals surface area contributed by atoms with Gasteiger partial charge in [0, 0.05) is 17.1 Å². The van der Waals surface area contributed by atoms with E-state index in [1.165, 1.54) is 11.8 Å². The van der Waals surface area contributed by atoms with Crippen LogP contribution in [0.25, 0.3) is 10.9 Å². The van der Waals surface area contributed by atoms with Gasteiger partial charge in [0.05, 0.1) is 18.4 Å². The lowest BCUT2D eigenvalue weighted by Crippen LogP contribution is -2.48. The first kappa shape index (κ1) is 15.4. The number of aromatic amines is 1. The minimum absolute atomic E-state index is 0.146. The number of hydrogen-bond donors (Lipinski definition) is 2. The van der Waals surface area contributed by atoms with Gasteiger partial charge in [0.2, 0.25) is 5.91 Å². The van der Waals surface area contributed by atoms with E-state index in [0.717, 1.165) is 16.5 Å². The van der Waals surface area contributed by atoms with Gasteiger partial charge in [-0.3, -0.25) is 4.79 Å². The highest BCUT2D eigenvalue weighted by Crippen LogP contribution is 2.18. The molecule has 112 valence electrons. The van der Waals surface area contributed by atoms with E-state index in [4.69, 9.17) is 0 Å². The number of carboxylic acids is 1. The summed E-state index contributed by atoms with van der Waals surface area (Å²) in [6.07, 6.45) is 4.18. The predicted molar refractivity (Wildman–Crippen MR) is 81.9 cm³/mol. The Labute approximate surface area is 127 Å². The first-order valence-corrected chi connectivity index (χ1v) is 8.05. The third-order valence-electron chi connectivity index (χ3n) is 3.26. The number of amides is 1. The molecule has 0 aliphatic carbocycles. The van der Waals surface area contributed by atoms with Gasteiger partial charge < -0.3 is 20.2 Å². The van der Waals surface area contributed by atoms with Crippen LogP contribution in [-0.2, 0) is 16.0 Å². The largest absolute Gasteiger partial charge is 0.548 e. The number of carbonyl (C=O) groups is 2. The van der Waals surface area contributed by atoms with Crippen LogP contribution in [0.1, 0.15) is 12.0 Å². The zero-order chi connectivity index (χ0) is 15.2. The Morgan fingerprint density at radius 3 is 2.86 bits per heavy atom. The zero-order valence-corrected chi connectivity index (χ0v) is 12.5. The minimum atomic E-state index is -1.24. The van der Waals surface area contributed by atoms with Crippen molar-refractivity contribution in [2.45, 2.75) is 18.9 Å². The van der Waals surface area contributed by atoms with Gasteiger partial charge in [0.25, 0.3) is 0 Å². The maximum atomic E-state index is 12.0. The highest BCUT2D eigenvalue weighted by molar-refractivity contribution is 7.98. The number of aromatic nitrogens is 1. The van der Waals surface area contributed by atoms with Crippen LogP contribution in [0.2, 0.25) is 0 Å². The van der Waals surface area contributed by atoms with Crippen LogP contribution >= 0.6 is 11.8 Å². The number of rotatable bonds is 7. The van der Waals surface area contributed by atoms with Gasteiger partial charge in [-0.2, -0.15) is 11.8 Å². The third kappa shape index (κ3) is 4.01. The zero-order valence-electron chi connectivity index (χ0n) is 11.7. The van der Waals surface area contributed by atoms with Crippen LogP contribution in [0.4, 0.5) is 0 Å². The molecular formula is C15H17N2O3S-. The Balaban J connectivity index is 2.02. The lowest BCUT2D eigenvalue weighted by atomic mass is 10.1. The maximum Gasteiger partial charge on any atom is 0.225 e. The van der Waals surface area contributed by atoms with Crippen molar-refractivity contribution in [3.8, 4) is 0 Å². The predicted octanol–water partition coefficient (Wildman–Crippen LogP) is 0.698. The molecule has 1 aromatic carbocycles. The van der Waals surface area contributed by atoms with Crippen molar-refractivity contribution in [2.75, 3.05) is 12.0 Å². The second-order valence-electron chi connectivity index (χ2n) is 4.76. The second kappa shape index (κ2) is 7.17. The van der Waals surface area contributed by atoms with Gasteiger partial charge >= 0.3 is 0 Å². The normalized spacial score (nSPS) is 12.2. The summed E-state index contributed by atoms with van der Waals surface area (Å²) in [4.78, 5) is 26.1. The molecule has 0 spiro atoms. The maximum absolute atomic E-state index is 12.0. The first-order chi connectivity index (χ1) is 10.1. The quantitative estimate of drug-likeness (QED) is 0.788. The number of benzene rings is 1. The Kier molecular flexibility index (Phi) is 5.27. The summed E-state index contributed by atoms with van der Waals surface area (Å²) in [6, 6.07) is 6.74. The first-order valence-electron chi connectivity index (χ1n) is 6.66. The summed E-state index contributed by atoms with van der Waals surface area (Å²) in [5.74, 6) is -0.891. The number of carbonyl (C=O) groups excluding carboxylic acids is 2. The van der Waals surface area contributed by atoms with Gasteiger partial charge in [0.1, 0.15) is 0 Å². The fraction of sp³-hybridized carbons (Fsp3) is 0.333. The summed E-state index contributed by atoms with van der Waals surface area (Å²) >= 11 is 1.53. The smallest absolute Gasteiger partial charge is 0.225 e. The molecule has 2 N–H and O–H groups in total. The number of fused-ring (bicyclic) bond motifs is 1. The Morgan fingerprint density at radius 1 is 1.38 bits per heavy atom. The highest BCUT2D eigenvalue weighted by Gasteiger charge is 2.14. The van der Waals surface area contributed by atoms with Crippen LogP contribution in [0.3, 0.4) is 0 Å². The van der Waals surface area contributed by atoms with E-state index in [9.17, 15) is 14.7 Å². The molecular weight excluding hydrogens is 288 g/mol. The molecule has 0 aliphatic heterocycles. The van der Waals surface area contributed by atoms with Crippen molar-refractivity contribution in [1.29, 1.82) is 0 Å². The summed E-state index contributed by atoms with van der Waals surface area (Å²) in [6.45, 7) is 0. The van der Waals surface area contributed by atoms with Crippen LogP contribution < -0.4 is 10.4 Å². The topological polar surface area (TPSA) is 85.0 Å². The number of nitrogens with one attached hydrogen (secondary N) is 2. The van der Waals surface area contributed by atoms with Crippen molar-refractivity contribution in [3.05, 3.63) is 36.0 Å². The van der Waals surface area contributed by atoms with Gasteiger partial charge in [-0.25, -0.2) is 0 Å². The SMILES string of the molecule is CSCC[C@H](NC(=O)Cc1c[nH]c2ccccc12)C(=O)[O-]. The van der Waals surface area contributed by atoms with E-state index >= 15 is 0 Å². The number of carboxylic acid groups (broad SMARTS) is 1. The van der Waals surface area contributed by atoms with E-state index < -0.39 is 12.0 Å². The van der Waals surface area contributed by atoms with Crippen molar-refractivity contribution in [2.24, 2.45) is 0 Å². The van der Waals surface area contributed by atoms with Gasteiger partial charge in [-0.05, 0) is 30.1 Å². The summed E-state index contributed by atoms with van der Waals surface area (Å²) in [5, 5.41) is 14.5. The second-order valence-corrected chi connectivity index (χ2v) is 5.74. The molecule has 1 amide bonds. The fourth-order valence-electron chi connectivity index (χ4n) is 2.18. The summed E-state index contributed by atoms with van der Waals surface area (Å²) in [7, 11) is 0. The summed E-state index contributed by atoms with van der Waals surface area (Å²) < 4.78 is 0. The molecule has 2 rings (SSSR count). The van der Waals surface area contributed by atoms with Crippen molar-refractivity contribution in [3.63, 3.8) is 0 Å². The molecule has 1 atom stereocenters. The van der Waals surface area contributed by atoms with Crippen molar-refractivity contribution >= 4 is 34.5 Å². The molecule has 0 aliphatic rings. The molecule has 21 heavy (non-hydrogen) atoms. The average Bonchev–Trinajstić information content (AvgIpc) is 2.86. The van der Waals surface area contributed by atoms with E-state index in [1.807, 2.05) is 30.5 Å². The molecule has 0 radical (unpaired) electrons. The number of thioether (sulfide) groups is 1. The Bertz CT molecular complexity index is 639. The Hall–Kier alpha value is -1.95.